The van der Waals surface area contributed by atoms with Gasteiger partial charge in [-0.1, -0.05) is 30.3 Å². The molecule has 0 saturated carbocycles. The number of allylic oxidation sites excluding steroid dienone is 1. The molecule has 0 N–H and O–H groups in total. The summed E-state index contributed by atoms with van der Waals surface area (Å²) >= 11 is 0. The van der Waals surface area contributed by atoms with Crippen molar-refractivity contribution >= 4 is 17.8 Å². The maximum Gasteiger partial charge on any atom is 0.305 e. The quantitative estimate of drug-likeness (QED) is 0.227. The normalized spacial score (nSPS) is 10.7. The molecule has 0 bridgehead atoms. The topological polar surface area (TPSA) is 74.7 Å². The van der Waals surface area contributed by atoms with Crippen LogP contribution in [0.3, 0.4) is 0 Å². The van der Waals surface area contributed by atoms with E-state index < -0.39 is 0 Å². The fraction of sp³-hybridized carbons (Fsp3) is 0.348. The van der Waals surface area contributed by atoms with E-state index in [0.29, 0.717) is 42.4 Å². The van der Waals surface area contributed by atoms with Crippen LogP contribution in [0.15, 0.2) is 48.7 Å². The van der Waals surface area contributed by atoms with E-state index in [1.807, 2.05) is 18.2 Å². The summed E-state index contributed by atoms with van der Waals surface area (Å²) < 4.78 is 16.0. The van der Waals surface area contributed by atoms with Gasteiger partial charge >= 0.3 is 5.97 Å². The summed E-state index contributed by atoms with van der Waals surface area (Å²) in [6, 6.07) is 10.8. The molecule has 6 heteroatoms. The molecular formula is C23H27NO5. The predicted octanol–water partition coefficient (Wildman–Crippen LogP) is 4.49. The Hall–Kier alpha value is -3.15. The number of carbonyl (C=O) groups excluding carboxylic acids is 2. The molecule has 0 fully saturated rings. The number of pyridine rings is 1. The van der Waals surface area contributed by atoms with Crippen molar-refractivity contribution in [2.24, 2.45) is 0 Å². The van der Waals surface area contributed by atoms with Crippen LogP contribution < -0.4 is 9.47 Å². The van der Waals surface area contributed by atoms with Gasteiger partial charge in [0.1, 0.15) is 0 Å². The van der Waals surface area contributed by atoms with Crippen molar-refractivity contribution in [3.8, 4) is 11.5 Å². The first-order valence-corrected chi connectivity index (χ1v) is 9.74. The first-order chi connectivity index (χ1) is 14.1. The molecule has 0 saturated heterocycles. The minimum Gasteiger partial charge on any atom is -0.493 e. The Morgan fingerprint density at radius 3 is 2.59 bits per heavy atom. The Morgan fingerprint density at radius 1 is 1.07 bits per heavy atom. The molecule has 1 heterocycles. The second-order valence-corrected chi connectivity index (χ2v) is 6.29. The maximum absolute atomic E-state index is 12.1. The van der Waals surface area contributed by atoms with E-state index in [-0.39, 0.29) is 11.8 Å². The van der Waals surface area contributed by atoms with E-state index >= 15 is 0 Å². The number of hydrogen-bond donors (Lipinski definition) is 0. The number of rotatable bonds is 12. The molecule has 2 rings (SSSR count). The molecule has 0 radical (unpaired) electrons. The van der Waals surface area contributed by atoms with Crippen molar-refractivity contribution in [3.05, 3.63) is 59.9 Å². The number of methoxy groups -OCH3 is 1. The van der Waals surface area contributed by atoms with Crippen LogP contribution in [0.5, 0.6) is 11.5 Å². The lowest BCUT2D eigenvalue weighted by Crippen LogP contribution is -2.04. The summed E-state index contributed by atoms with van der Waals surface area (Å²) in [5.41, 5.74) is 1.23. The van der Waals surface area contributed by atoms with Crippen LogP contribution >= 0.6 is 0 Å². The molecule has 0 atom stereocenters. The summed E-state index contributed by atoms with van der Waals surface area (Å²) in [6.07, 6.45) is 7.62. The van der Waals surface area contributed by atoms with Gasteiger partial charge in [-0.25, -0.2) is 0 Å². The molecule has 154 valence electrons. The number of benzene rings is 1. The maximum atomic E-state index is 12.1. The lowest BCUT2D eigenvalue weighted by atomic mass is 10.1. The first kappa shape index (κ1) is 22.1. The Kier molecular flexibility index (Phi) is 9.42. The van der Waals surface area contributed by atoms with Gasteiger partial charge in [0.2, 0.25) is 0 Å². The highest BCUT2D eigenvalue weighted by molar-refractivity contribution is 6.06. The van der Waals surface area contributed by atoms with Crippen molar-refractivity contribution in [2.45, 2.75) is 32.6 Å². The van der Waals surface area contributed by atoms with Gasteiger partial charge in [-0.15, -0.1) is 0 Å². The number of hydrogen-bond acceptors (Lipinski definition) is 6. The average molecular weight is 397 g/mol. The van der Waals surface area contributed by atoms with Crippen LogP contribution in [0.1, 0.15) is 48.7 Å². The lowest BCUT2D eigenvalue weighted by molar-refractivity contribution is -0.143. The minimum absolute atomic E-state index is 0.0884. The van der Waals surface area contributed by atoms with Gasteiger partial charge in [0, 0.05) is 18.1 Å². The fourth-order valence-electron chi connectivity index (χ4n) is 2.62. The number of ether oxygens (including phenoxy) is 3. The third-order valence-corrected chi connectivity index (χ3v) is 4.12. The standard InChI is InChI=1S/C23H27NO5/c1-3-28-23(26)12-8-5-9-15-29-22-17-24-19(16-21(22)27-2)13-14-20(25)18-10-6-4-7-11-18/h4,6-7,10-11,13-14,16-17H,3,5,8-9,12,15H2,1-2H3. The van der Waals surface area contributed by atoms with Crippen LogP contribution in [0.25, 0.3) is 6.08 Å². The number of aromatic nitrogens is 1. The van der Waals surface area contributed by atoms with Gasteiger partial charge in [0.25, 0.3) is 0 Å². The van der Waals surface area contributed by atoms with Gasteiger partial charge in [-0.2, -0.15) is 0 Å². The van der Waals surface area contributed by atoms with E-state index in [1.165, 1.54) is 6.08 Å². The molecule has 0 aliphatic carbocycles. The highest BCUT2D eigenvalue weighted by Gasteiger charge is 2.07. The minimum atomic E-state index is -0.159. The Bertz CT molecular complexity index is 817. The monoisotopic (exact) mass is 397 g/mol. The summed E-state index contributed by atoms with van der Waals surface area (Å²) in [5, 5.41) is 0. The molecule has 0 spiro atoms. The molecule has 6 nitrogen and oxygen atoms in total. The highest BCUT2D eigenvalue weighted by atomic mass is 16.5. The van der Waals surface area contributed by atoms with Crippen LogP contribution in [0.4, 0.5) is 0 Å². The SMILES string of the molecule is CCOC(=O)CCCCCOc1cnc(C=CC(=O)c2ccccc2)cc1OC. The molecular weight excluding hydrogens is 370 g/mol. The summed E-state index contributed by atoms with van der Waals surface area (Å²) in [5.74, 6) is 0.853. The predicted molar refractivity (Wildman–Crippen MR) is 111 cm³/mol. The number of esters is 1. The summed E-state index contributed by atoms with van der Waals surface area (Å²) in [6.45, 7) is 2.72. The van der Waals surface area contributed by atoms with Crippen LogP contribution in [0.2, 0.25) is 0 Å². The van der Waals surface area contributed by atoms with E-state index in [1.54, 1.807) is 44.5 Å². The van der Waals surface area contributed by atoms with Crippen LogP contribution in [0, 0.1) is 0 Å². The molecule has 1 aromatic carbocycles. The average Bonchev–Trinajstić information content (AvgIpc) is 2.75. The molecule has 0 aliphatic rings. The van der Waals surface area contributed by atoms with E-state index in [2.05, 4.69) is 4.98 Å². The third kappa shape index (κ3) is 7.78. The van der Waals surface area contributed by atoms with Crippen molar-refractivity contribution < 1.29 is 23.8 Å². The van der Waals surface area contributed by atoms with Crippen molar-refractivity contribution in [1.29, 1.82) is 0 Å². The second-order valence-electron chi connectivity index (χ2n) is 6.29. The zero-order valence-corrected chi connectivity index (χ0v) is 16.9. The Labute approximate surface area is 171 Å². The smallest absolute Gasteiger partial charge is 0.305 e. The van der Waals surface area contributed by atoms with Crippen LogP contribution in [-0.4, -0.2) is 37.1 Å². The fourth-order valence-corrected chi connectivity index (χ4v) is 2.62. The molecule has 0 aliphatic heterocycles. The van der Waals surface area contributed by atoms with E-state index in [4.69, 9.17) is 14.2 Å². The van der Waals surface area contributed by atoms with Gasteiger partial charge in [-0.3, -0.25) is 14.6 Å². The van der Waals surface area contributed by atoms with Crippen molar-refractivity contribution in [3.63, 3.8) is 0 Å². The lowest BCUT2D eigenvalue weighted by Gasteiger charge is -2.10. The largest absolute Gasteiger partial charge is 0.493 e. The van der Waals surface area contributed by atoms with Gasteiger partial charge in [0.05, 0.1) is 32.2 Å². The zero-order chi connectivity index (χ0) is 20.9. The molecule has 2 aromatic rings. The molecule has 0 amide bonds. The molecule has 29 heavy (non-hydrogen) atoms. The van der Waals surface area contributed by atoms with E-state index in [0.717, 1.165) is 19.3 Å². The van der Waals surface area contributed by atoms with Gasteiger partial charge in [0.15, 0.2) is 17.3 Å². The molecule has 0 unspecified atom stereocenters. The zero-order valence-electron chi connectivity index (χ0n) is 16.9. The van der Waals surface area contributed by atoms with E-state index in [9.17, 15) is 9.59 Å². The summed E-state index contributed by atoms with van der Waals surface area (Å²) in [7, 11) is 1.56. The van der Waals surface area contributed by atoms with Gasteiger partial charge < -0.3 is 14.2 Å². The Morgan fingerprint density at radius 2 is 1.86 bits per heavy atom. The van der Waals surface area contributed by atoms with Gasteiger partial charge in [-0.05, 0) is 38.3 Å². The first-order valence-electron chi connectivity index (χ1n) is 9.74. The van der Waals surface area contributed by atoms with Crippen molar-refractivity contribution in [1.82, 2.24) is 4.98 Å². The Balaban J connectivity index is 1.83. The van der Waals surface area contributed by atoms with Crippen molar-refractivity contribution in [2.75, 3.05) is 20.3 Å². The molecule has 1 aromatic heterocycles. The third-order valence-electron chi connectivity index (χ3n) is 4.12. The number of carbonyl (C=O) groups is 2. The number of nitrogens with zero attached hydrogens (tertiary/aromatic N) is 1. The highest BCUT2D eigenvalue weighted by Crippen LogP contribution is 2.27. The second kappa shape index (κ2) is 12.3. The van der Waals surface area contributed by atoms with Crippen LogP contribution in [-0.2, 0) is 9.53 Å². The number of ketones is 1. The number of unbranched alkanes of at least 4 members (excludes halogenated alkanes) is 2. The summed E-state index contributed by atoms with van der Waals surface area (Å²) in [4.78, 5) is 27.7.